The van der Waals surface area contributed by atoms with E-state index in [1.807, 2.05) is 37.3 Å². The summed E-state index contributed by atoms with van der Waals surface area (Å²) in [5.41, 5.74) is 0. The second kappa shape index (κ2) is 9.79. The molecule has 0 saturated heterocycles. The lowest BCUT2D eigenvalue weighted by atomic mass is 10.3. The van der Waals surface area contributed by atoms with Crippen molar-refractivity contribution >= 4 is 17.7 Å². The van der Waals surface area contributed by atoms with E-state index in [0.29, 0.717) is 18.9 Å². The van der Waals surface area contributed by atoms with Crippen molar-refractivity contribution in [1.29, 1.82) is 0 Å². The highest BCUT2D eigenvalue weighted by molar-refractivity contribution is 7.99. The summed E-state index contributed by atoms with van der Waals surface area (Å²) in [5.74, 6) is 2.16. The van der Waals surface area contributed by atoms with Crippen molar-refractivity contribution < 1.29 is 14.3 Å². The molecule has 0 aliphatic rings. The summed E-state index contributed by atoms with van der Waals surface area (Å²) in [6.07, 6.45) is 0. The van der Waals surface area contributed by atoms with Gasteiger partial charge < -0.3 is 14.8 Å². The van der Waals surface area contributed by atoms with Gasteiger partial charge in [0.05, 0.1) is 6.61 Å². The van der Waals surface area contributed by atoms with Gasteiger partial charge in [-0.15, -0.1) is 11.8 Å². The molecular formula is C18H21NO3S. The average Bonchev–Trinajstić information content (AvgIpc) is 2.59. The molecule has 23 heavy (non-hydrogen) atoms. The summed E-state index contributed by atoms with van der Waals surface area (Å²) in [6.45, 7) is 3.20. The Bertz CT molecular complexity index is 587. The van der Waals surface area contributed by atoms with E-state index in [1.54, 1.807) is 23.9 Å². The van der Waals surface area contributed by atoms with Gasteiger partial charge in [-0.1, -0.05) is 18.2 Å². The number of thioether (sulfide) groups is 1. The van der Waals surface area contributed by atoms with Gasteiger partial charge in [-0.3, -0.25) is 4.79 Å². The van der Waals surface area contributed by atoms with Gasteiger partial charge in [-0.25, -0.2) is 0 Å². The molecule has 122 valence electrons. The van der Waals surface area contributed by atoms with Crippen LogP contribution in [0.25, 0.3) is 0 Å². The van der Waals surface area contributed by atoms with Crippen LogP contribution >= 0.6 is 11.8 Å². The van der Waals surface area contributed by atoms with Gasteiger partial charge in [0, 0.05) is 17.2 Å². The minimum atomic E-state index is -0.118. The van der Waals surface area contributed by atoms with Gasteiger partial charge in [-0.2, -0.15) is 0 Å². The quantitative estimate of drug-likeness (QED) is 0.565. The molecule has 0 bridgehead atoms. The Balaban J connectivity index is 1.61. The highest BCUT2D eigenvalue weighted by Gasteiger charge is 2.03. The minimum absolute atomic E-state index is 0.0178. The zero-order valence-corrected chi connectivity index (χ0v) is 14.0. The second-order valence-electron chi connectivity index (χ2n) is 4.70. The second-order valence-corrected chi connectivity index (χ2v) is 5.87. The number of nitrogens with one attached hydrogen (secondary N) is 1. The van der Waals surface area contributed by atoms with Crippen LogP contribution in [0.1, 0.15) is 6.92 Å². The number of amides is 1. The molecule has 0 heterocycles. The van der Waals surface area contributed by atoms with Crippen LogP contribution in [0.4, 0.5) is 0 Å². The van der Waals surface area contributed by atoms with Gasteiger partial charge in [0.1, 0.15) is 11.5 Å². The summed E-state index contributed by atoms with van der Waals surface area (Å²) >= 11 is 1.71. The lowest BCUT2D eigenvalue weighted by Crippen LogP contribution is -2.30. The van der Waals surface area contributed by atoms with Crippen molar-refractivity contribution in [3.8, 4) is 11.5 Å². The normalized spacial score (nSPS) is 10.1. The third kappa shape index (κ3) is 6.65. The Kier molecular flexibility index (Phi) is 7.33. The highest BCUT2D eigenvalue weighted by Crippen LogP contribution is 2.17. The monoisotopic (exact) mass is 331 g/mol. The molecular weight excluding hydrogens is 310 g/mol. The van der Waals surface area contributed by atoms with E-state index in [2.05, 4.69) is 17.4 Å². The molecule has 0 aliphatic carbocycles. The molecule has 1 amide bonds. The number of rotatable bonds is 9. The fraction of sp³-hybridized carbons (Fsp3) is 0.278. The Hall–Kier alpha value is -2.14. The maximum atomic E-state index is 11.7. The lowest BCUT2D eigenvalue weighted by molar-refractivity contribution is -0.122. The zero-order chi connectivity index (χ0) is 16.3. The van der Waals surface area contributed by atoms with Gasteiger partial charge in [0.25, 0.3) is 5.91 Å². The Morgan fingerprint density at radius 3 is 2.30 bits per heavy atom. The SMILES string of the molecule is CCOc1ccc(OCC(=O)NCCSc2ccccc2)cc1. The van der Waals surface area contributed by atoms with E-state index < -0.39 is 0 Å². The smallest absolute Gasteiger partial charge is 0.257 e. The maximum Gasteiger partial charge on any atom is 0.257 e. The number of benzene rings is 2. The van der Waals surface area contributed by atoms with E-state index >= 15 is 0 Å². The van der Waals surface area contributed by atoms with Gasteiger partial charge in [0.15, 0.2) is 6.61 Å². The Morgan fingerprint density at radius 2 is 1.65 bits per heavy atom. The first-order valence-electron chi connectivity index (χ1n) is 7.58. The van der Waals surface area contributed by atoms with Crippen molar-refractivity contribution in [2.24, 2.45) is 0 Å². The minimum Gasteiger partial charge on any atom is -0.494 e. The summed E-state index contributed by atoms with van der Waals surface area (Å²) < 4.78 is 10.8. The topological polar surface area (TPSA) is 47.6 Å². The highest BCUT2D eigenvalue weighted by atomic mass is 32.2. The molecule has 0 radical (unpaired) electrons. The molecule has 0 unspecified atom stereocenters. The molecule has 0 aromatic heterocycles. The molecule has 2 rings (SSSR count). The van der Waals surface area contributed by atoms with Crippen molar-refractivity contribution in [3.63, 3.8) is 0 Å². The molecule has 0 fully saturated rings. The zero-order valence-electron chi connectivity index (χ0n) is 13.2. The summed E-state index contributed by atoms with van der Waals surface area (Å²) in [4.78, 5) is 12.9. The lowest BCUT2D eigenvalue weighted by Gasteiger charge is -2.08. The van der Waals surface area contributed by atoms with Crippen molar-refractivity contribution in [2.45, 2.75) is 11.8 Å². The van der Waals surface area contributed by atoms with Crippen LogP contribution in [0.15, 0.2) is 59.5 Å². The molecule has 0 aliphatic heterocycles. The summed E-state index contributed by atoms with van der Waals surface area (Å²) in [7, 11) is 0. The third-order valence-electron chi connectivity index (χ3n) is 2.94. The Morgan fingerprint density at radius 1 is 1.00 bits per heavy atom. The Labute approximate surface area is 141 Å². The van der Waals surface area contributed by atoms with E-state index in [1.165, 1.54) is 4.90 Å². The molecule has 2 aromatic rings. The fourth-order valence-corrected chi connectivity index (χ4v) is 2.66. The first-order valence-corrected chi connectivity index (χ1v) is 8.56. The molecule has 4 nitrogen and oxygen atoms in total. The van der Waals surface area contributed by atoms with Gasteiger partial charge >= 0.3 is 0 Å². The molecule has 1 N–H and O–H groups in total. The molecule has 0 saturated carbocycles. The summed E-state index contributed by atoms with van der Waals surface area (Å²) in [6, 6.07) is 17.4. The average molecular weight is 331 g/mol. The van der Waals surface area contributed by atoms with Crippen LogP contribution in [-0.2, 0) is 4.79 Å². The predicted molar refractivity (Wildman–Crippen MR) is 93.3 cm³/mol. The number of carbonyl (C=O) groups excluding carboxylic acids is 1. The molecule has 2 aromatic carbocycles. The van der Waals surface area contributed by atoms with Crippen molar-refractivity contribution in [1.82, 2.24) is 5.32 Å². The first kappa shape index (κ1) is 17.2. The van der Waals surface area contributed by atoms with Crippen LogP contribution in [0, 0.1) is 0 Å². The van der Waals surface area contributed by atoms with Crippen LogP contribution in [-0.4, -0.2) is 31.4 Å². The first-order chi connectivity index (χ1) is 11.3. The van der Waals surface area contributed by atoms with E-state index in [4.69, 9.17) is 9.47 Å². The van der Waals surface area contributed by atoms with Crippen molar-refractivity contribution in [2.75, 3.05) is 25.5 Å². The van der Waals surface area contributed by atoms with Crippen LogP contribution < -0.4 is 14.8 Å². The largest absolute Gasteiger partial charge is 0.494 e. The standard InChI is InChI=1S/C18H21NO3S/c1-2-21-15-8-10-16(11-9-15)22-14-18(20)19-12-13-23-17-6-4-3-5-7-17/h3-11H,2,12-14H2,1H3,(H,19,20). The van der Waals surface area contributed by atoms with E-state index in [0.717, 1.165) is 11.5 Å². The molecule has 0 spiro atoms. The van der Waals surface area contributed by atoms with Crippen LogP contribution in [0.3, 0.4) is 0 Å². The van der Waals surface area contributed by atoms with Crippen LogP contribution in [0.5, 0.6) is 11.5 Å². The maximum absolute atomic E-state index is 11.7. The third-order valence-corrected chi connectivity index (χ3v) is 3.95. The van der Waals surface area contributed by atoms with Crippen molar-refractivity contribution in [3.05, 3.63) is 54.6 Å². The molecule has 5 heteroatoms. The number of ether oxygens (including phenoxy) is 2. The van der Waals surface area contributed by atoms with E-state index in [-0.39, 0.29) is 12.5 Å². The van der Waals surface area contributed by atoms with Gasteiger partial charge in [-0.05, 0) is 43.3 Å². The molecule has 0 atom stereocenters. The van der Waals surface area contributed by atoms with E-state index in [9.17, 15) is 4.79 Å². The fourth-order valence-electron chi connectivity index (χ4n) is 1.87. The number of hydrogen-bond acceptors (Lipinski definition) is 4. The summed E-state index contributed by atoms with van der Waals surface area (Å²) in [5, 5.41) is 2.85. The number of hydrogen-bond donors (Lipinski definition) is 1. The number of carbonyl (C=O) groups is 1. The van der Waals surface area contributed by atoms with Crippen LogP contribution in [0.2, 0.25) is 0 Å². The predicted octanol–water partition coefficient (Wildman–Crippen LogP) is 3.37. The van der Waals surface area contributed by atoms with Gasteiger partial charge in [0.2, 0.25) is 0 Å².